The molecule has 1 aromatic carbocycles. The van der Waals surface area contributed by atoms with E-state index in [0.717, 1.165) is 0 Å². The van der Waals surface area contributed by atoms with E-state index < -0.39 is 18.3 Å². The second-order valence-electron chi connectivity index (χ2n) is 5.23. The number of benzene rings is 1. The van der Waals surface area contributed by atoms with Crippen molar-refractivity contribution in [1.29, 1.82) is 0 Å². The van der Waals surface area contributed by atoms with Crippen LogP contribution in [-0.2, 0) is 0 Å². The van der Waals surface area contributed by atoms with Gasteiger partial charge in [-0.05, 0) is 25.0 Å². The summed E-state index contributed by atoms with van der Waals surface area (Å²) in [6.07, 6.45) is -1.25. The molecule has 0 fully saturated rings. The third-order valence-corrected chi connectivity index (χ3v) is 1.43. The molecule has 0 saturated carbocycles. The van der Waals surface area contributed by atoms with Crippen LogP contribution in [0.5, 0.6) is 0 Å². The third kappa shape index (κ3) is 54.0. The van der Waals surface area contributed by atoms with Gasteiger partial charge in [-0.2, -0.15) is 0 Å². The summed E-state index contributed by atoms with van der Waals surface area (Å²) in [4.78, 5) is 0. The molecule has 0 atom stereocenters. The van der Waals surface area contributed by atoms with Crippen LogP contribution in [0.2, 0.25) is 0 Å². The molecular weight excluding hydrogens is 279 g/mol. The predicted molar refractivity (Wildman–Crippen MR) is 87.1 cm³/mol. The van der Waals surface area contributed by atoms with Crippen LogP contribution in [-0.4, -0.2) is 35.7 Å². The predicted octanol–water partition coefficient (Wildman–Crippen LogP) is 1.19. The van der Waals surface area contributed by atoms with Crippen molar-refractivity contribution in [2.24, 2.45) is 0 Å². The monoisotopic (exact) mass is 310 g/mol. The first-order valence-electron chi connectivity index (χ1n) is 7.00. The molecule has 21 heavy (non-hydrogen) atoms. The van der Waals surface area contributed by atoms with E-state index in [1.165, 1.54) is 11.1 Å². The minimum Gasteiger partial charge on any atom is -0.852 e. The van der Waals surface area contributed by atoms with Crippen LogP contribution in [0.4, 0.5) is 0 Å². The summed E-state index contributed by atoms with van der Waals surface area (Å²) in [6.45, 7) is 13.9. The first kappa shape index (κ1) is 28.7. The van der Waals surface area contributed by atoms with Gasteiger partial charge in [0.1, 0.15) is 0 Å². The summed E-state index contributed by atoms with van der Waals surface area (Å²) < 4.78 is 0. The Balaban J connectivity index is -0.0000000973. The Morgan fingerprint density at radius 2 is 0.762 bits per heavy atom. The molecule has 1 rings (SSSR count). The Morgan fingerprint density at radius 3 is 0.857 bits per heavy atom. The van der Waals surface area contributed by atoms with Crippen molar-refractivity contribution >= 4 is 17.4 Å². The Kier molecular flexibility index (Phi) is 26.9. The molecule has 0 N–H and O–H groups in total. The fraction of sp³-hybridized carbons (Fsp3) is 0.647. The van der Waals surface area contributed by atoms with E-state index in [-0.39, 0.29) is 17.4 Å². The summed E-state index contributed by atoms with van der Waals surface area (Å²) in [7, 11) is 0. The molecule has 0 unspecified atom stereocenters. The molecule has 3 nitrogen and oxygen atoms in total. The van der Waals surface area contributed by atoms with Gasteiger partial charge in [-0.1, -0.05) is 65.8 Å². The molecule has 0 aliphatic heterocycles. The molecule has 0 heterocycles. The molecule has 0 radical (unpaired) electrons. The van der Waals surface area contributed by atoms with Gasteiger partial charge in [-0.3, -0.25) is 0 Å². The van der Waals surface area contributed by atoms with E-state index in [1.54, 1.807) is 41.5 Å². The zero-order valence-corrected chi connectivity index (χ0v) is 16.0. The van der Waals surface area contributed by atoms with Gasteiger partial charge in [0.05, 0.1) is 0 Å². The van der Waals surface area contributed by atoms with Gasteiger partial charge in [0, 0.05) is 0 Å². The summed E-state index contributed by atoms with van der Waals surface area (Å²) in [6, 6.07) is 8.36. The topological polar surface area (TPSA) is 69.2 Å². The van der Waals surface area contributed by atoms with Crippen molar-refractivity contribution in [3.63, 3.8) is 0 Å². The molecule has 0 aliphatic rings. The number of aryl methyl sites for hydroxylation is 2. The molecule has 0 spiro atoms. The van der Waals surface area contributed by atoms with Crippen molar-refractivity contribution in [3.05, 3.63) is 35.4 Å². The molecule has 120 valence electrons. The molecule has 0 saturated heterocycles. The van der Waals surface area contributed by atoms with Gasteiger partial charge in [0.15, 0.2) is 0 Å². The fourth-order valence-electron chi connectivity index (χ4n) is 0.663. The smallest absolute Gasteiger partial charge is 0.852 e. The van der Waals surface area contributed by atoms with E-state index in [2.05, 4.69) is 38.1 Å². The number of hydrogen-bond acceptors (Lipinski definition) is 3. The summed E-state index contributed by atoms with van der Waals surface area (Å²) in [5.41, 5.74) is 2.74. The maximum atomic E-state index is 9.53. The second-order valence-corrected chi connectivity index (χ2v) is 5.23. The van der Waals surface area contributed by atoms with E-state index >= 15 is 0 Å². The molecule has 0 aliphatic carbocycles. The average molecular weight is 310 g/mol. The normalized spacial score (nSPS) is 8.67. The third-order valence-electron chi connectivity index (χ3n) is 1.43. The van der Waals surface area contributed by atoms with Crippen molar-refractivity contribution in [1.82, 2.24) is 0 Å². The standard InChI is InChI=1S/C8H10.3C3H7O.Al/c1-7-5-3-4-6-8(7)2;3*1-3(2)4;/h3-6H,1-2H3;3*3H,1-2H3;/q;3*-1;+3. The van der Waals surface area contributed by atoms with Gasteiger partial charge in [-0.25, -0.2) is 0 Å². The van der Waals surface area contributed by atoms with Crippen LogP contribution in [0, 0.1) is 13.8 Å². The van der Waals surface area contributed by atoms with Gasteiger partial charge in [0.2, 0.25) is 0 Å². The van der Waals surface area contributed by atoms with E-state index in [1.807, 2.05) is 0 Å². The van der Waals surface area contributed by atoms with Gasteiger partial charge in [-0.15, -0.1) is 18.3 Å². The molecule has 0 bridgehead atoms. The maximum Gasteiger partial charge on any atom is 3.00 e. The molecular formula is C17H31AlO3. The zero-order chi connectivity index (χ0) is 16.7. The van der Waals surface area contributed by atoms with Gasteiger partial charge < -0.3 is 15.3 Å². The Bertz CT molecular complexity index is 256. The first-order valence-corrected chi connectivity index (χ1v) is 7.00. The minimum atomic E-state index is -0.417. The van der Waals surface area contributed by atoms with Crippen molar-refractivity contribution in [2.75, 3.05) is 0 Å². The van der Waals surface area contributed by atoms with Crippen LogP contribution >= 0.6 is 0 Å². The quantitative estimate of drug-likeness (QED) is 0.676. The summed E-state index contributed by atoms with van der Waals surface area (Å²) in [5, 5.41) is 28.6. The largest absolute Gasteiger partial charge is 3.00 e. The van der Waals surface area contributed by atoms with E-state index in [4.69, 9.17) is 0 Å². The Labute approximate surface area is 142 Å². The molecule has 0 amide bonds. The van der Waals surface area contributed by atoms with Gasteiger partial charge in [0.25, 0.3) is 0 Å². The SMILES string of the molecule is CC(C)[O-].CC(C)[O-].CC(C)[O-].Cc1ccccc1C.[Al+3]. The number of hydrogen-bond donors (Lipinski definition) is 0. The average Bonchev–Trinajstić information content (AvgIpc) is 2.20. The van der Waals surface area contributed by atoms with Crippen LogP contribution in [0.15, 0.2) is 24.3 Å². The summed E-state index contributed by atoms with van der Waals surface area (Å²) >= 11 is 0. The first-order chi connectivity index (χ1) is 9.00. The van der Waals surface area contributed by atoms with Crippen molar-refractivity contribution in [2.45, 2.75) is 73.7 Å². The van der Waals surface area contributed by atoms with Crippen LogP contribution in [0.25, 0.3) is 0 Å². The summed E-state index contributed by atoms with van der Waals surface area (Å²) in [5.74, 6) is 0. The Morgan fingerprint density at radius 1 is 0.619 bits per heavy atom. The minimum absolute atomic E-state index is 0. The van der Waals surface area contributed by atoms with Crippen molar-refractivity contribution < 1.29 is 15.3 Å². The molecule has 1 aromatic rings. The van der Waals surface area contributed by atoms with Crippen LogP contribution in [0.3, 0.4) is 0 Å². The maximum absolute atomic E-state index is 9.53. The number of rotatable bonds is 0. The molecule has 0 aromatic heterocycles. The van der Waals surface area contributed by atoms with Crippen LogP contribution < -0.4 is 15.3 Å². The second kappa shape index (κ2) is 19.6. The molecule has 4 heteroatoms. The van der Waals surface area contributed by atoms with Crippen LogP contribution in [0.1, 0.15) is 52.7 Å². The Hall–Kier alpha value is -0.368. The van der Waals surface area contributed by atoms with Crippen molar-refractivity contribution in [3.8, 4) is 0 Å². The fourth-order valence-corrected chi connectivity index (χ4v) is 0.663. The van der Waals surface area contributed by atoms with E-state index in [0.29, 0.717) is 0 Å². The van der Waals surface area contributed by atoms with E-state index in [9.17, 15) is 15.3 Å². The van der Waals surface area contributed by atoms with Gasteiger partial charge >= 0.3 is 17.4 Å². The zero-order valence-electron chi connectivity index (χ0n) is 14.8.